The molecule has 4 aromatic rings. The predicted molar refractivity (Wildman–Crippen MR) is 200 cm³/mol. The summed E-state index contributed by atoms with van der Waals surface area (Å²) >= 11 is 0. The Kier molecular flexibility index (Phi) is 11.6. The number of hydrogen-bond donors (Lipinski definition) is 1. The molecule has 0 heterocycles. The van der Waals surface area contributed by atoms with E-state index in [1.54, 1.807) is 0 Å². The van der Waals surface area contributed by atoms with Crippen molar-refractivity contribution in [2.24, 2.45) is 0 Å². The van der Waals surface area contributed by atoms with Crippen molar-refractivity contribution >= 4 is 11.1 Å². The smallest absolute Gasteiger partial charge is 0.0335 e. The molecule has 232 valence electrons. The lowest BCUT2D eigenvalue weighted by atomic mass is 9.93. The summed E-state index contributed by atoms with van der Waals surface area (Å²) in [5, 5.41) is 3.61. The maximum atomic E-state index is 4.04. The van der Waals surface area contributed by atoms with Gasteiger partial charge in [0.1, 0.15) is 0 Å². The van der Waals surface area contributed by atoms with Gasteiger partial charge in [-0.3, -0.25) is 0 Å². The first-order valence-electron chi connectivity index (χ1n) is 16.7. The quantitative estimate of drug-likeness (QED) is 0.150. The summed E-state index contributed by atoms with van der Waals surface area (Å²) < 4.78 is 0. The van der Waals surface area contributed by atoms with E-state index >= 15 is 0 Å². The highest BCUT2D eigenvalue weighted by atomic mass is 14.9. The van der Waals surface area contributed by atoms with Gasteiger partial charge in [0.15, 0.2) is 0 Å². The van der Waals surface area contributed by atoms with Gasteiger partial charge in [-0.1, -0.05) is 154 Å². The molecule has 0 saturated heterocycles. The summed E-state index contributed by atoms with van der Waals surface area (Å²) in [7, 11) is 0. The Morgan fingerprint density at radius 3 is 1.98 bits per heavy atom. The van der Waals surface area contributed by atoms with Crippen molar-refractivity contribution in [2.75, 3.05) is 0 Å². The molecular weight excluding hydrogens is 555 g/mol. The molecule has 1 heteroatoms. The summed E-state index contributed by atoms with van der Waals surface area (Å²) in [6.45, 7) is 10.6. The van der Waals surface area contributed by atoms with E-state index in [0.29, 0.717) is 5.92 Å². The van der Waals surface area contributed by atoms with E-state index in [9.17, 15) is 0 Å². The second-order valence-corrected chi connectivity index (χ2v) is 12.1. The second kappa shape index (κ2) is 16.4. The van der Waals surface area contributed by atoms with E-state index < -0.39 is 0 Å². The summed E-state index contributed by atoms with van der Waals surface area (Å²) in [4.78, 5) is 0. The topological polar surface area (TPSA) is 12.0 Å². The monoisotopic (exact) mass is 601 g/mol. The normalized spacial score (nSPS) is 14.5. The van der Waals surface area contributed by atoms with Crippen molar-refractivity contribution in [3.05, 3.63) is 191 Å². The van der Waals surface area contributed by atoms with Gasteiger partial charge < -0.3 is 5.32 Å². The average Bonchev–Trinajstić information content (AvgIpc) is 3.12. The highest BCUT2D eigenvalue weighted by Gasteiger charge is 2.10. The van der Waals surface area contributed by atoms with Crippen LogP contribution >= 0.6 is 0 Å². The predicted octanol–water partition coefficient (Wildman–Crippen LogP) is 12.2. The zero-order valence-corrected chi connectivity index (χ0v) is 27.7. The molecule has 1 aliphatic carbocycles. The molecule has 0 radical (unpaired) electrons. The summed E-state index contributed by atoms with van der Waals surface area (Å²) in [5.74, 6) is 0.473. The van der Waals surface area contributed by atoms with Gasteiger partial charge in [-0.25, -0.2) is 0 Å². The fourth-order valence-electron chi connectivity index (χ4n) is 5.97. The van der Waals surface area contributed by atoms with E-state index in [1.165, 1.54) is 55.8 Å². The van der Waals surface area contributed by atoms with Crippen LogP contribution < -0.4 is 5.32 Å². The third kappa shape index (κ3) is 8.86. The molecule has 5 rings (SSSR count). The number of allylic oxidation sites excluding steroid dienone is 10. The minimum atomic E-state index is 0.473. The first-order chi connectivity index (χ1) is 22.6. The minimum Gasteiger partial charge on any atom is -0.359 e. The average molecular weight is 602 g/mol. The highest BCUT2D eigenvalue weighted by molar-refractivity contribution is 5.72. The number of hydrogen-bond acceptors (Lipinski definition) is 1. The Hall–Kier alpha value is -4.88. The zero-order valence-electron chi connectivity index (χ0n) is 27.7. The summed E-state index contributed by atoms with van der Waals surface area (Å²) in [5.41, 5.74) is 14.2. The van der Waals surface area contributed by atoms with Crippen LogP contribution in [0.15, 0.2) is 164 Å². The molecule has 0 fully saturated rings. The Bertz CT molecular complexity index is 1720. The maximum Gasteiger partial charge on any atom is 0.0335 e. The summed E-state index contributed by atoms with van der Waals surface area (Å²) in [6.07, 6.45) is 20.0. The fraction of sp³-hybridized carbons (Fsp3) is 0.200. The van der Waals surface area contributed by atoms with Crippen molar-refractivity contribution in [2.45, 2.75) is 58.8 Å². The maximum absolute atomic E-state index is 4.04. The molecule has 46 heavy (non-hydrogen) atoms. The molecule has 0 aromatic heterocycles. The fourth-order valence-corrected chi connectivity index (χ4v) is 5.97. The molecule has 0 aliphatic heterocycles. The molecule has 4 aromatic carbocycles. The Labute approximate surface area is 277 Å². The molecule has 0 bridgehead atoms. The minimum absolute atomic E-state index is 0.473. The first kappa shape index (κ1) is 32.5. The lowest BCUT2D eigenvalue weighted by Crippen LogP contribution is -2.13. The molecule has 1 unspecified atom stereocenters. The molecule has 1 N–H and O–H groups in total. The third-order valence-electron chi connectivity index (χ3n) is 8.88. The van der Waals surface area contributed by atoms with Crippen LogP contribution in [0.2, 0.25) is 0 Å². The van der Waals surface area contributed by atoms with Crippen LogP contribution in [0.3, 0.4) is 0 Å². The lowest BCUT2D eigenvalue weighted by molar-refractivity contribution is 0.768. The van der Waals surface area contributed by atoms with Gasteiger partial charge in [0.2, 0.25) is 0 Å². The van der Waals surface area contributed by atoms with Crippen LogP contribution in [-0.4, -0.2) is 0 Å². The van der Waals surface area contributed by atoms with Gasteiger partial charge in [0.05, 0.1) is 0 Å². The van der Waals surface area contributed by atoms with Gasteiger partial charge >= 0.3 is 0 Å². The van der Waals surface area contributed by atoms with E-state index in [2.05, 4.69) is 172 Å². The van der Waals surface area contributed by atoms with E-state index in [1.807, 2.05) is 6.08 Å². The number of benzene rings is 4. The zero-order chi connectivity index (χ0) is 32.1. The molecular formula is C45H47N. The highest BCUT2D eigenvalue weighted by Crippen LogP contribution is 2.28. The van der Waals surface area contributed by atoms with Crippen LogP contribution in [0.25, 0.3) is 22.3 Å². The number of nitrogens with one attached hydrogen (secondary N) is 1. The van der Waals surface area contributed by atoms with Gasteiger partial charge in [-0.2, -0.15) is 0 Å². The molecule has 0 amide bonds. The van der Waals surface area contributed by atoms with E-state index in [4.69, 9.17) is 0 Å². The van der Waals surface area contributed by atoms with Crippen molar-refractivity contribution in [3.63, 3.8) is 0 Å². The van der Waals surface area contributed by atoms with Gasteiger partial charge in [0, 0.05) is 11.4 Å². The van der Waals surface area contributed by atoms with Crippen LogP contribution in [0.5, 0.6) is 0 Å². The molecule has 1 atom stereocenters. The largest absolute Gasteiger partial charge is 0.359 e. The van der Waals surface area contributed by atoms with Gasteiger partial charge in [0.25, 0.3) is 0 Å². The van der Waals surface area contributed by atoms with Crippen LogP contribution in [0.4, 0.5) is 0 Å². The van der Waals surface area contributed by atoms with Crippen molar-refractivity contribution in [1.29, 1.82) is 0 Å². The number of rotatable bonds is 13. The van der Waals surface area contributed by atoms with Crippen LogP contribution in [0, 0.1) is 0 Å². The molecule has 0 saturated carbocycles. The lowest BCUT2D eigenvalue weighted by Gasteiger charge is -2.18. The van der Waals surface area contributed by atoms with Crippen molar-refractivity contribution in [1.82, 2.24) is 5.32 Å². The third-order valence-corrected chi connectivity index (χ3v) is 8.88. The molecule has 1 aliphatic rings. The molecule has 1 nitrogen and oxygen atoms in total. The Morgan fingerprint density at radius 1 is 0.783 bits per heavy atom. The Balaban J connectivity index is 1.16. The standard InChI is InChI=1S/C45H47N/c1-5-8-12-37(6-2)39-24-26-42(27-25-39)40-20-16-35(17-21-40)33-36-18-22-41(23-19-36)43-28-31-45(32-29-43)46-44(7-3)30-15-34(4)38-13-10-9-11-14-38/h5,7-14,16-28,30-31,34,46H,3,6,15,29,32-33H2,1-2,4H3/b8-5-,37-12+,44-30+. The molecule has 0 spiro atoms. The van der Waals surface area contributed by atoms with Gasteiger partial charge in [-0.05, 0) is 107 Å². The first-order valence-corrected chi connectivity index (χ1v) is 16.7. The van der Waals surface area contributed by atoms with Crippen molar-refractivity contribution < 1.29 is 0 Å². The SMILES string of the molecule is C=C/C(=C\CC(C)c1ccccc1)NC1=CC=C(c2ccc(Cc3ccc(-c4ccc(/C(=C/C=C\C)CC)cc4)cc3)cc2)CC1. The van der Waals surface area contributed by atoms with Crippen LogP contribution in [0.1, 0.15) is 80.2 Å². The van der Waals surface area contributed by atoms with E-state index in [-0.39, 0.29) is 0 Å². The second-order valence-electron chi connectivity index (χ2n) is 12.1. The van der Waals surface area contributed by atoms with E-state index in [0.717, 1.165) is 37.8 Å². The Morgan fingerprint density at radius 2 is 1.41 bits per heavy atom. The van der Waals surface area contributed by atoms with Crippen molar-refractivity contribution in [3.8, 4) is 11.1 Å². The van der Waals surface area contributed by atoms with Crippen LogP contribution in [-0.2, 0) is 6.42 Å². The van der Waals surface area contributed by atoms with Gasteiger partial charge in [-0.15, -0.1) is 0 Å². The summed E-state index contributed by atoms with van der Waals surface area (Å²) in [6, 6.07) is 37.8.